The Morgan fingerprint density at radius 2 is 1.85 bits per heavy atom. The van der Waals surface area contributed by atoms with Crippen LogP contribution in [0.25, 0.3) is 0 Å². The molecule has 41 heavy (non-hydrogen) atoms. The van der Waals surface area contributed by atoms with Gasteiger partial charge in [-0.1, -0.05) is 30.3 Å². The highest BCUT2D eigenvalue weighted by molar-refractivity contribution is 7.88. The van der Waals surface area contributed by atoms with Gasteiger partial charge in [0, 0.05) is 50.2 Å². The summed E-state index contributed by atoms with van der Waals surface area (Å²) in [4.78, 5) is 13.5. The van der Waals surface area contributed by atoms with Crippen LogP contribution in [0.1, 0.15) is 55.0 Å². The van der Waals surface area contributed by atoms with Crippen LogP contribution in [-0.2, 0) is 51.5 Å². The first-order valence-corrected chi connectivity index (χ1v) is 15.7. The fourth-order valence-electron chi connectivity index (χ4n) is 5.49. The van der Waals surface area contributed by atoms with E-state index in [9.17, 15) is 13.2 Å². The van der Waals surface area contributed by atoms with Gasteiger partial charge in [0.1, 0.15) is 11.6 Å². The van der Waals surface area contributed by atoms with Gasteiger partial charge in [-0.3, -0.25) is 9.48 Å². The number of sulfonamides is 1. The molecule has 2 heterocycles. The first-order chi connectivity index (χ1) is 19.5. The Labute approximate surface area is 240 Å². The molecular formula is C30H38F2N4O4S. The third-order valence-corrected chi connectivity index (χ3v) is 9.30. The molecule has 0 radical (unpaired) electrons. The van der Waals surface area contributed by atoms with E-state index >= 15 is 8.78 Å². The van der Waals surface area contributed by atoms with Gasteiger partial charge in [-0.05, 0) is 62.8 Å². The summed E-state index contributed by atoms with van der Waals surface area (Å²) in [6.45, 7) is 2.11. The Hall–Kier alpha value is -3.15. The third-order valence-electron chi connectivity index (χ3n) is 7.96. The first kappa shape index (κ1) is 30.8. The van der Waals surface area contributed by atoms with E-state index in [-0.39, 0.29) is 50.3 Å². The molecule has 8 nitrogen and oxygen atoms in total. The molecule has 222 valence electrons. The van der Waals surface area contributed by atoms with Crippen LogP contribution in [0.5, 0.6) is 0 Å². The van der Waals surface area contributed by atoms with Crippen molar-refractivity contribution in [2.75, 3.05) is 19.5 Å². The van der Waals surface area contributed by atoms with Gasteiger partial charge < -0.3 is 10.1 Å². The maximum atomic E-state index is 15.8. The maximum Gasteiger partial charge on any atom is 0.231 e. The van der Waals surface area contributed by atoms with E-state index in [2.05, 4.69) is 10.4 Å². The lowest BCUT2D eigenvalue weighted by Crippen LogP contribution is -2.48. The minimum absolute atomic E-state index is 0.0497. The van der Waals surface area contributed by atoms with Gasteiger partial charge in [-0.2, -0.15) is 9.40 Å². The number of hydrogen-bond donors (Lipinski definition) is 1. The van der Waals surface area contributed by atoms with E-state index in [1.165, 1.54) is 4.31 Å². The summed E-state index contributed by atoms with van der Waals surface area (Å²) in [6.07, 6.45) is 5.16. The molecule has 1 N–H and O–H groups in total. The molecule has 0 unspecified atom stereocenters. The van der Waals surface area contributed by atoms with Crippen LogP contribution in [0.4, 0.5) is 8.78 Å². The lowest BCUT2D eigenvalue weighted by atomic mass is 9.72. The number of nitrogens with one attached hydrogen (secondary N) is 1. The second kappa shape index (κ2) is 13.2. The number of aryl methyl sites for hydroxylation is 2. The second-order valence-corrected chi connectivity index (χ2v) is 12.7. The van der Waals surface area contributed by atoms with Crippen molar-refractivity contribution >= 4 is 15.9 Å². The average Bonchev–Trinajstić information content (AvgIpc) is 3.36. The number of hydrogen-bond acceptors (Lipinski definition) is 5. The van der Waals surface area contributed by atoms with Crippen molar-refractivity contribution in [1.82, 2.24) is 19.4 Å². The van der Waals surface area contributed by atoms with Gasteiger partial charge in [-0.15, -0.1) is 0 Å². The highest BCUT2D eigenvalue weighted by Gasteiger charge is 2.44. The molecule has 1 saturated heterocycles. The molecule has 2 aromatic carbocycles. The predicted octanol–water partition coefficient (Wildman–Crippen LogP) is 4.24. The van der Waals surface area contributed by atoms with Gasteiger partial charge in [0.05, 0.1) is 23.9 Å². The first-order valence-electron chi connectivity index (χ1n) is 13.8. The Morgan fingerprint density at radius 3 is 2.49 bits per heavy atom. The summed E-state index contributed by atoms with van der Waals surface area (Å²) >= 11 is 0. The lowest BCUT2D eigenvalue weighted by Gasteiger charge is -2.36. The molecule has 0 bridgehead atoms. The van der Waals surface area contributed by atoms with Crippen molar-refractivity contribution in [3.8, 4) is 0 Å². The van der Waals surface area contributed by atoms with Crippen LogP contribution >= 0.6 is 0 Å². The van der Waals surface area contributed by atoms with Crippen LogP contribution in [0.2, 0.25) is 0 Å². The van der Waals surface area contributed by atoms with E-state index in [0.29, 0.717) is 6.42 Å². The molecule has 3 aromatic rings. The topological polar surface area (TPSA) is 93.5 Å². The average molecular weight is 589 g/mol. The molecule has 1 aromatic heterocycles. The summed E-state index contributed by atoms with van der Waals surface area (Å²) in [5.74, 6) is -1.92. The highest BCUT2D eigenvalue weighted by Crippen LogP contribution is 2.38. The molecule has 1 fully saturated rings. The number of nitrogens with zero attached hydrogens (tertiary/aromatic N) is 3. The fourth-order valence-corrected chi connectivity index (χ4v) is 6.62. The monoisotopic (exact) mass is 588 g/mol. The van der Waals surface area contributed by atoms with Crippen LogP contribution < -0.4 is 5.32 Å². The van der Waals surface area contributed by atoms with Crippen molar-refractivity contribution in [3.63, 3.8) is 0 Å². The van der Waals surface area contributed by atoms with Crippen LogP contribution in [-0.4, -0.2) is 53.9 Å². The highest BCUT2D eigenvalue weighted by atomic mass is 32.2. The van der Waals surface area contributed by atoms with Crippen molar-refractivity contribution < 1.29 is 26.7 Å². The van der Waals surface area contributed by atoms with E-state index in [0.717, 1.165) is 42.5 Å². The quantitative estimate of drug-likeness (QED) is 0.342. The van der Waals surface area contributed by atoms with Crippen molar-refractivity contribution in [1.29, 1.82) is 0 Å². The number of aromatic nitrogens is 2. The summed E-state index contributed by atoms with van der Waals surface area (Å²) in [5.41, 5.74) is 0.471. The van der Waals surface area contributed by atoms with Crippen molar-refractivity contribution in [3.05, 3.63) is 88.7 Å². The predicted molar refractivity (Wildman–Crippen MR) is 152 cm³/mol. The Bertz CT molecular complexity index is 1440. The standard InChI is InChI=1S/C30H38F2N4O4S/c1-22(8-7-11-23-9-5-4-6-10-23)36(41(3,38)39)21-24-18-28(32)26(19-27(24)31)30(13-16-40-17-14-30)29(37)33-20-25-12-15-34-35(25)2/h4-6,9-10,12,15,18-19,22H,7-8,11,13-14,16-17,20-21H2,1-3H3,(H,33,37)/t22-/m0/s1. The van der Waals surface area contributed by atoms with E-state index < -0.39 is 39.0 Å². The SMILES string of the molecule is C[C@@H](CCCc1ccccc1)N(Cc1cc(F)c(C2(C(=O)NCc3ccnn3C)CCOCC2)cc1F)S(C)(=O)=O. The normalized spacial score (nSPS) is 16.0. The molecule has 11 heteroatoms. The molecule has 0 aliphatic carbocycles. The van der Waals surface area contributed by atoms with E-state index in [1.54, 1.807) is 30.9 Å². The Morgan fingerprint density at radius 1 is 1.15 bits per heavy atom. The molecule has 0 spiro atoms. The Balaban J connectivity index is 1.54. The summed E-state index contributed by atoms with van der Waals surface area (Å²) in [5, 5.41) is 6.95. The zero-order valence-corrected chi connectivity index (χ0v) is 24.6. The van der Waals surface area contributed by atoms with Gasteiger partial charge in [0.2, 0.25) is 15.9 Å². The van der Waals surface area contributed by atoms with Crippen LogP contribution in [0, 0.1) is 11.6 Å². The third kappa shape index (κ3) is 7.38. The Kier molecular flexibility index (Phi) is 9.93. The minimum atomic E-state index is -3.72. The van der Waals surface area contributed by atoms with Gasteiger partial charge in [-0.25, -0.2) is 17.2 Å². The lowest BCUT2D eigenvalue weighted by molar-refractivity contribution is -0.130. The molecule has 1 atom stereocenters. The smallest absolute Gasteiger partial charge is 0.231 e. The number of ether oxygens (including phenoxy) is 1. The van der Waals surface area contributed by atoms with Crippen molar-refractivity contribution in [2.24, 2.45) is 7.05 Å². The number of carbonyl (C=O) groups excluding carboxylic acids is 1. The number of carbonyl (C=O) groups is 1. The van der Waals surface area contributed by atoms with Crippen LogP contribution in [0.3, 0.4) is 0 Å². The summed E-state index contributed by atoms with van der Waals surface area (Å²) in [7, 11) is -1.97. The number of benzene rings is 2. The molecule has 1 aliphatic heterocycles. The van der Waals surface area contributed by atoms with Crippen LogP contribution in [0.15, 0.2) is 54.7 Å². The second-order valence-electron chi connectivity index (χ2n) is 10.8. The zero-order chi connectivity index (χ0) is 29.6. The molecule has 1 amide bonds. The molecule has 1 aliphatic rings. The number of halogens is 2. The summed E-state index contributed by atoms with van der Waals surface area (Å²) < 4.78 is 65.0. The van der Waals surface area contributed by atoms with Gasteiger partial charge in [0.15, 0.2) is 0 Å². The maximum absolute atomic E-state index is 15.8. The van der Waals surface area contributed by atoms with E-state index in [1.807, 2.05) is 30.3 Å². The number of rotatable bonds is 12. The number of amides is 1. The molecule has 4 rings (SSSR count). The fraction of sp³-hybridized carbons (Fsp3) is 0.467. The van der Waals surface area contributed by atoms with Gasteiger partial charge >= 0.3 is 0 Å². The largest absolute Gasteiger partial charge is 0.381 e. The van der Waals surface area contributed by atoms with E-state index in [4.69, 9.17) is 4.74 Å². The summed E-state index contributed by atoms with van der Waals surface area (Å²) in [6, 6.07) is 13.3. The molecular weight excluding hydrogens is 550 g/mol. The molecule has 0 saturated carbocycles. The zero-order valence-electron chi connectivity index (χ0n) is 23.8. The van der Waals surface area contributed by atoms with Gasteiger partial charge in [0.25, 0.3) is 0 Å². The minimum Gasteiger partial charge on any atom is -0.381 e. The van der Waals surface area contributed by atoms with Crippen molar-refractivity contribution in [2.45, 2.75) is 63.6 Å².